The van der Waals surface area contributed by atoms with E-state index < -0.39 is 5.97 Å². The van der Waals surface area contributed by atoms with Crippen LogP contribution in [0.3, 0.4) is 0 Å². The summed E-state index contributed by atoms with van der Waals surface area (Å²) in [7, 11) is 0. The van der Waals surface area contributed by atoms with Crippen molar-refractivity contribution in [3.8, 4) is 0 Å². The van der Waals surface area contributed by atoms with Crippen LogP contribution in [0.25, 0.3) is 10.9 Å². The standard InChI is InChI=1S/C16H14BrN5O2/c17-10-2-1-3-11(6-10)22-16-12-7-14(18-5-4-15(23)24)19-8-13(12)20-9-21-16/h1-3,6-9H,4-5H2,(H,18,19)(H,23,24)(H,20,21,22). The summed E-state index contributed by atoms with van der Waals surface area (Å²) in [5.74, 6) is 0.376. The highest BCUT2D eigenvalue weighted by atomic mass is 79.9. The Morgan fingerprint density at radius 2 is 2.08 bits per heavy atom. The normalized spacial score (nSPS) is 10.5. The number of carboxylic acid groups (broad SMARTS) is 1. The Morgan fingerprint density at radius 1 is 1.21 bits per heavy atom. The van der Waals surface area contributed by atoms with Crippen LogP contribution >= 0.6 is 15.9 Å². The zero-order valence-electron chi connectivity index (χ0n) is 12.5. The summed E-state index contributed by atoms with van der Waals surface area (Å²) in [5.41, 5.74) is 1.59. The van der Waals surface area contributed by atoms with E-state index >= 15 is 0 Å². The third-order valence-electron chi connectivity index (χ3n) is 3.25. The molecule has 0 atom stereocenters. The number of fused-ring (bicyclic) bond motifs is 1. The number of anilines is 3. The van der Waals surface area contributed by atoms with E-state index in [0.29, 0.717) is 23.7 Å². The second-order valence-corrected chi connectivity index (χ2v) is 5.93. The molecule has 0 amide bonds. The van der Waals surface area contributed by atoms with E-state index in [1.54, 1.807) is 12.3 Å². The van der Waals surface area contributed by atoms with Crippen LogP contribution in [0.5, 0.6) is 0 Å². The molecule has 0 spiro atoms. The molecule has 0 fully saturated rings. The summed E-state index contributed by atoms with van der Waals surface area (Å²) >= 11 is 3.44. The van der Waals surface area contributed by atoms with Crippen molar-refractivity contribution in [2.24, 2.45) is 0 Å². The first-order valence-corrected chi connectivity index (χ1v) is 8.00. The van der Waals surface area contributed by atoms with Crippen LogP contribution in [0, 0.1) is 0 Å². The number of benzene rings is 1. The first-order chi connectivity index (χ1) is 11.6. The molecule has 0 radical (unpaired) electrons. The van der Waals surface area contributed by atoms with Gasteiger partial charge in [-0.3, -0.25) is 4.79 Å². The summed E-state index contributed by atoms with van der Waals surface area (Å²) in [6.07, 6.45) is 3.13. The van der Waals surface area contributed by atoms with Crippen molar-refractivity contribution in [1.82, 2.24) is 15.0 Å². The average Bonchev–Trinajstić information content (AvgIpc) is 2.55. The Labute approximate surface area is 146 Å². The molecule has 7 nitrogen and oxygen atoms in total. The van der Waals surface area contributed by atoms with Gasteiger partial charge < -0.3 is 15.7 Å². The van der Waals surface area contributed by atoms with E-state index in [0.717, 1.165) is 15.5 Å². The van der Waals surface area contributed by atoms with Gasteiger partial charge in [-0.1, -0.05) is 22.0 Å². The smallest absolute Gasteiger partial charge is 0.305 e. The van der Waals surface area contributed by atoms with Crippen molar-refractivity contribution in [2.45, 2.75) is 6.42 Å². The molecule has 3 N–H and O–H groups in total. The van der Waals surface area contributed by atoms with E-state index in [-0.39, 0.29) is 6.42 Å². The maximum absolute atomic E-state index is 10.6. The van der Waals surface area contributed by atoms with Crippen LogP contribution < -0.4 is 10.6 Å². The van der Waals surface area contributed by atoms with Crippen molar-refractivity contribution >= 4 is 50.1 Å². The number of nitrogens with one attached hydrogen (secondary N) is 2. The van der Waals surface area contributed by atoms with Gasteiger partial charge in [0, 0.05) is 22.1 Å². The fourth-order valence-corrected chi connectivity index (χ4v) is 2.56. The van der Waals surface area contributed by atoms with E-state index in [1.807, 2.05) is 24.3 Å². The molecular weight excluding hydrogens is 374 g/mol. The number of pyridine rings is 1. The van der Waals surface area contributed by atoms with Gasteiger partial charge in [0.15, 0.2) is 0 Å². The van der Waals surface area contributed by atoms with Crippen molar-refractivity contribution in [3.05, 3.63) is 47.3 Å². The maximum atomic E-state index is 10.6. The van der Waals surface area contributed by atoms with Crippen LogP contribution in [0.15, 0.2) is 47.3 Å². The van der Waals surface area contributed by atoms with E-state index in [2.05, 4.69) is 41.5 Å². The monoisotopic (exact) mass is 387 g/mol. The lowest BCUT2D eigenvalue weighted by molar-refractivity contribution is -0.136. The number of nitrogens with zero attached hydrogens (tertiary/aromatic N) is 3. The zero-order chi connectivity index (χ0) is 16.9. The molecule has 8 heteroatoms. The molecule has 0 aliphatic rings. The first kappa shape index (κ1) is 16.1. The Kier molecular flexibility index (Phi) is 4.85. The lowest BCUT2D eigenvalue weighted by Crippen LogP contribution is -2.08. The van der Waals surface area contributed by atoms with Gasteiger partial charge in [-0.15, -0.1) is 0 Å². The fourth-order valence-electron chi connectivity index (χ4n) is 2.16. The summed E-state index contributed by atoms with van der Waals surface area (Å²) in [5, 5.41) is 15.7. The Morgan fingerprint density at radius 3 is 2.88 bits per heavy atom. The van der Waals surface area contributed by atoms with Gasteiger partial charge in [0.05, 0.1) is 18.1 Å². The summed E-state index contributed by atoms with van der Waals surface area (Å²) in [6, 6.07) is 9.55. The van der Waals surface area contributed by atoms with Gasteiger partial charge in [0.25, 0.3) is 0 Å². The molecule has 122 valence electrons. The van der Waals surface area contributed by atoms with Crippen LogP contribution in [-0.2, 0) is 4.79 Å². The number of aliphatic carboxylic acids is 1. The second-order valence-electron chi connectivity index (χ2n) is 5.01. The van der Waals surface area contributed by atoms with Gasteiger partial charge in [0.1, 0.15) is 18.0 Å². The van der Waals surface area contributed by atoms with E-state index in [4.69, 9.17) is 5.11 Å². The molecule has 0 aliphatic heterocycles. The molecule has 1 aromatic carbocycles. The summed E-state index contributed by atoms with van der Waals surface area (Å²) in [6.45, 7) is 0.302. The van der Waals surface area contributed by atoms with Crippen LogP contribution in [0.1, 0.15) is 6.42 Å². The van der Waals surface area contributed by atoms with Crippen LogP contribution in [-0.4, -0.2) is 32.6 Å². The quantitative estimate of drug-likeness (QED) is 0.595. The molecule has 0 bridgehead atoms. The van der Waals surface area contributed by atoms with E-state index in [9.17, 15) is 4.79 Å². The summed E-state index contributed by atoms with van der Waals surface area (Å²) < 4.78 is 0.962. The number of rotatable bonds is 6. The molecule has 0 saturated carbocycles. The van der Waals surface area contributed by atoms with E-state index in [1.165, 1.54) is 6.33 Å². The molecule has 24 heavy (non-hydrogen) atoms. The highest BCUT2D eigenvalue weighted by molar-refractivity contribution is 9.10. The molecule has 0 saturated heterocycles. The summed E-state index contributed by atoms with van der Waals surface area (Å²) in [4.78, 5) is 23.3. The minimum Gasteiger partial charge on any atom is -0.481 e. The minimum atomic E-state index is -0.858. The van der Waals surface area contributed by atoms with Gasteiger partial charge >= 0.3 is 5.97 Å². The van der Waals surface area contributed by atoms with Gasteiger partial charge in [0.2, 0.25) is 0 Å². The molecular formula is C16H14BrN5O2. The highest BCUT2D eigenvalue weighted by Crippen LogP contribution is 2.25. The number of carbonyl (C=O) groups is 1. The van der Waals surface area contributed by atoms with Gasteiger partial charge in [-0.25, -0.2) is 15.0 Å². The molecule has 2 aromatic heterocycles. The number of hydrogen-bond donors (Lipinski definition) is 3. The largest absolute Gasteiger partial charge is 0.481 e. The predicted molar refractivity (Wildman–Crippen MR) is 95.5 cm³/mol. The van der Waals surface area contributed by atoms with Crippen molar-refractivity contribution in [1.29, 1.82) is 0 Å². The number of halogens is 1. The van der Waals surface area contributed by atoms with Crippen molar-refractivity contribution in [2.75, 3.05) is 17.2 Å². The minimum absolute atomic E-state index is 0.0220. The molecule has 2 heterocycles. The third kappa shape index (κ3) is 3.96. The second kappa shape index (κ2) is 7.22. The Balaban J connectivity index is 1.88. The van der Waals surface area contributed by atoms with Gasteiger partial charge in [-0.05, 0) is 24.3 Å². The molecule has 3 rings (SSSR count). The Bertz CT molecular complexity index is 887. The first-order valence-electron chi connectivity index (χ1n) is 7.21. The SMILES string of the molecule is O=C(O)CCNc1cc2c(Nc3cccc(Br)c3)ncnc2cn1. The number of aromatic nitrogens is 3. The highest BCUT2D eigenvalue weighted by Gasteiger charge is 2.07. The predicted octanol–water partition coefficient (Wildman–Crippen LogP) is 3.42. The van der Waals surface area contributed by atoms with Crippen molar-refractivity contribution < 1.29 is 9.90 Å². The molecule has 0 unspecified atom stereocenters. The maximum Gasteiger partial charge on any atom is 0.305 e. The lowest BCUT2D eigenvalue weighted by Gasteiger charge is -2.10. The molecule has 0 aliphatic carbocycles. The van der Waals surface area contributed by atoms with Crippen LogP contribution in [0.2, 0.25) is 0 Å². The van der Waals surface area contributed by atoms with Gasteiger partial charge in [-0.2, -0.15) is 0 Å². The molecule has 3 aromatic rings. The average molecular weight is 388 g/mol. The van der Waals surface area contributed by atoms with Crippen molar-refractivity contribution in [3.63, 3.8) is 0 Å². The third-order valence-corrected chi connectivity index (χ3v) is 3.75. The number of carboxylic acids is 1. The zero-order valence-corrected chi connectivity index (χ0v) is 14.1. The van der Waals surface area contributed by atoms with Crippen LogP contribution in [0.4, 0.5) is 17.3 Å². The fraction of sp³-hybridized carbons (Fsp3) is 0.125. The Hall–Kier alpha value is -2.74. The topological polar surface area (TPSA) is 100 Å². The number of hydrogen-bond acceptors (Lipinski definition) is 6. The lowest BCUT2D eigenvalue weighted by atomic mass is 10.2.